The molecule has 126 valence electrons. The molecule has 0 unspecified atom stereocenters. The maximum absolute atomic E-state index is 11.8. The molecule has 1 N–H and O–H groups in total. The molecule has 0 fully saturated rings. The molecule has 3 rings (SSSR count). The van der Waals surface area contributed by atoms with E-state index in [0.717, 1.165) is 22.9 Å². The van der Waals surface area contributed by atoms with Gasteiger partial charge in [-0.1, -0.05) is 12.1 Å². The Morgan fingerprint density at radius 2 is 1.96 bits per heavy atom. The number of carbonyl (C=O) groups excluding carboxylic acids is 1. The minimum atomic E-state index is 0.0000899. The lowest BCUT2D eigenvalue weighted by Gasteiger charge is -2.28. The molecule has 0 atom stereocenters. The van der Waals surface area contributed by atoms with Gasteiger partial charge in [0, 0.05) is 24.8 Å². The lowest BCUT2D eigenvalue weighted by molar-refractivity contribution is -0.121. The predicted molar refractivity (Wildman–Crippen MR) is 94.9 cm³/mol. The van der Waals surface area contributed by atoms with Crippen LogP contribution in [0.4, 0.5) is 11.4 Å². The van der Waals surface area contributed by atoms with Crippen molar-refractivity contribution in [1.82, 2.24) is 0 Å². The topological polar surface area (TPSA) is 50.8 Å². The van der Waals surface area contributed by atoms with Gasteiger partial charge in [0.25, 0.3) is 5.91 Å². The number of amides is 1. The van der Waals surface area contributed by atoms with Crippen LogP contribution in [0.1, 0.15) is 19.4 Å². The van der Waals surface area contributed by atoms with Gasteiger partial charge >= 0.3 is 0 Å². The highest BCUT2D eigenvalue weighted by Gasteiger charge is 2.24. The maximum Gasteiger partial charge on any atom is 0.265 e. The fourth-order valence-corrected chi connectivity index (χ4v) is 2.74. The van der Waals surface area contributed by atoms with Gasteiger partial charge in [0.05, 0.1) is 12.3 Å². The number of hydrogen-bond donors (Lipinski definition) is 1. The second kappa shape index (κ2) is 7.25. The van der Waals surface area contributed by atoms with Crippen molar-refractivity contribution >= 4 is 17.3 Å². The Labute approximate surface area is 142 Å². The SMILES string of the molecule is CCOc1ccc(CNc2ccc3c(c2)OCC(=O)N3CC)cc1. The summed E-state index contributed by atoms with van der Waals surface area (Å²) in [6.45, 7) is 6.06. The molecule has 0 aliphatic carbocycles. The molecule has 1 aliphatic heterocycles. The van der Waals surface area contributed by atoms with Crippen LogP contribution in [0.2, 0.25) is 0 Å². The number of anilines is 2. The van der Waals surface area contributed by atoms with Gasteiger partial charge in [0.1, 0.15) is 11.5 Å². The second-order valence-corrected chi connectivity index (χ2v) is 5.54. The average molecular weight is 326 g/mol. The normalized spacial score (nSPS) is 13.2. The number of benzene rings is 2. The molecule has 1 heterocycles. The molecule has 0 bridgehead atoms. The fraction of sp³-hybridized carbons (Fsp3) is 0.316. The third-order valence-electron chi connectivity index (χ3n) is 3.95. The van der Waals surface area contributed by atoms with Crippen molar-refractivity contribution in [3.63, 3.8) is 0 Å². The first-order chi connectivity index (χ1) is 11.7. The molecule has 1 amide bonds. The molecular formula is C19H22N2O3. The third kappa shape index (κ3) is 3.45. The van der Waals surface area contributed by atoms with Crippen molar-refractivity contribution in [3.8, 4) is 11.5 Å². The van der Waals surface area contributed by atoms with Crippen LogP contribution < -0.4 is 19.7 Å². The maximum atomic E-state index is 11.8. The van der Waals surface area contributed by atoms with Crippen molar-refractivity contribution in [2.45, 2.75) is 20.4 Å². The summed E-state index contributed by atoms with van der Waals surface area (Å²) in [7, 11) is 0. The average Bonchev–Trinajstić information content (AvgIpc) is 2.61. The van der Waals surface area contributed by atoms with E-state index in [2.05, 4.69) is 5.32 Å². The number of fused-ring (bicyclic) bond motifs is 1. The number of carbonyl (C=O) groups is 1. The molecule has 5 nitrogen and oxygen atoms in total. The summed E-state index contributed by atoms with van der Waals surface area (Å²) >= 11 is 0. The molecule has 0 aromatic heterocycles. The highest BCUT2D eigenvalue weighted by molar-refractivity contribution is 5.98. The zero-order valence-corrected chi connectivity index (χ0v) is 14.0. The molecule has 0 radical (unpaired) electrons. The van der Waals surface area contributed by atoms with Gasteiger partial charge in [-0.3, -0.25) is 4.79 Å². The second-order valence-electron chi connectivity index (χ2n) is 5.54. The first kappa shape index (κ1) is 16.2. The number of likely N-dealkylation sites (N-methyl/N-ethyl adjacent to an activating group) is 1. The van der Waals surface area contributed by atoms with Crippen molar-refractivity contribution in [2.24, 2.45) is 0 Å². The Hall–Kier alpha value is -2.69. The van der Waals surface area contributed by atoms with Gasteiger partial charge in [-0.15, -0.1) is 0 Å². The van der Waals surface area contributed by atoms with Crippen LogP contribution in [0.15, 0.2) is 42.5 Å². The summed E-state index contributed by atoms with van der Waals surface area (Å²) in [4.78, 5) is 13.6. The van der Waals surface area contributed by atoms with Crippen molar-refractivity contribution in [2.75, 3.05) is 30.0 Å². The minimum absolute atomic E-state index is 0.0000899. The van der Waals surface area contributed by atoms with E-state index < -0.39 is 0 Å². The van der Waals surface area contributed by atoms with Crippen LogP contribution in [0.3, 0.4) is 0 Å². The highest BCUT2D eigenvalue weighted by atomic mass is 16.5. The standard InChI is InChI=1S/C19H22N2O3/c1-3-21-17-10-7-15(11-18(17)24-13-19(21)22)20-12-14-5-8-16(9-6-14)23-4-2/h5-11,20H,3-4,12-13H2,1-2H3. The van der Waals surface area contributed by atoms with Gasteiger partial charge in [0.2, 0.25) is 0 Å². The van der Waals surface area contributed by atoms with E-state index in [1.807, 2.05) is 56.3 Å². The van der Waals surface area contributed by atoms with Crippen molar-refractivity contribution < 1.29 is 14.3 Å². The van der Waals surface area contributed by atoms with Crippen LogP contribution in [-0.4, -0.2) is 25.7 Å². The van der Waals surface area contributed by atoms with Crippen LogP contribution in [0.25, 0.3) is 0 Å². The van der Waals surface area contributed by atoms with E-state index in [1.54, 1.807) is 4.90 Å². The Bertz CT molecular complexity index is 713. The summed E-state index contributed by atoms with van der Waals surface area (Å²) in [5.41, 5.74) is 2.97. The van der Waals surface area contributed by atoms with Gasteiger partial charge in [-0.2, -0.15) is 0 Å². The number of rotatable bonds is 6. The molecule has 0 saturated heterocycles. The quantitative estimate of drug-likeness (QED) is 0.883. The molecule has 0 spiro atoms. The largest absolute Gasteiger partial charge is 0.494 e. The first-order valence-electron chi connectivity index (χ1n) is 8.24. The Morgan fingerprint density at radius 3 is 2.67 bits per heavy atom. The lowest BCUT2D eigenvalue weighted by Crippen LogP contribution is -2.38. The minimum Gasteiger partial charge on any atom is -0.494 e. The smallest absolute Gasteiger partial charge is 0.265 e. The van der Waals surface area contributed by atoms with E-state index in [4.69, 9.17) is 9.47 Å². The van der Waals surface area contributed by atoms with Gasteiger partial charge in [-0.25, -0.2) is 0 Å². The first-order valence-corrected chi connectivity index (χ1v) is 8.24. The van der Waals surface area contributed by atoms with Gasteiger partial charge in [-0.05, 0) is 43.7 Å². The van der Waals surface area contributed by atoms with Crippen molar-refractivity contribution in [1.29, 1.82) is 0 Å². The van der Waals surface area contributed by atoms with Crippen LogP contribution in [0, 0.1) is 0 Å². The predicted octanol–water partition coefficient (Wildman–Crippen LogP) is 3.44. The number of nitrogens with zero attached hydrogens (tertiary/aromatic N) is 1. The Kier molecular flexibility index (Phi) is 4.89. The summed E-state index contributed by atoms with van der Waals surface area (Å²) in [6, 6.07) is 13.9. The van der Waals surface area contributed by atoms with E-state index >= 15 is 0 Å². The van der Waals surface area contributed by atoms with Crippen LogP contribution in [-0.2, 0) is 11.3 Å². The summed E-state index contributed by atoms with van der Waals surface area (Å²) in [5, 5.41) is 3.38. The van der Waals surface area contributed by atoms with Crippen molar-refractivity contribution in [3.05, 3.63) is 48.0 Å². The zero-order valence-electron chi connectivity index (χ0n) is 14.0. The molecule has 0 saturated carbocycles. The monoisotopic (exact) mass is 326 g/mol. The lowest BCUT2D eigenvalue weighted by atomic mass is 10.2. The van der Waals surface area contributed by atoms with Crippen LogP contribution in [0.5, 0.6) is 11.5 Å². The zero-order chi connectivity index (χ0) is 16.9. The molecule has 2 aromatic rings. The molecule has 24 heavy (non-hydrogen) atoms. The van der Waals surface area contributed by atoms with E-state index in [1.165, 1.54) is 5.56 Å². The summed E-state index contributed by atoms with van der Waals surface area (Å²) < 4.78 is 11.0. The van der Waals surface area contributed by atoms with Crippen LogP contribution >= 0.6 is 0 Å². The molecule has 1 aliphatic rings. The molecule has 5 heteroatoms. The van der Waals surface area contributed by atoms with Gasteiger partial charge < -0.3 is 19.7 Å². The number of hydrogen-bond acceptors (Lipinski definition) is 4. The fourth-order valence-electron chi connectivity index (χ4n) is 2.74. The van der Waals surface area contributed by atoms with Gasteiger partial charge in [0.15, 0.2) is 6.61 Å². The highest BCUT2D eigenvalue weighted by Crippen LogP contribution is 2.34. The van der Waals surface area contributed by atoms with E-state index in [9.17, 15) is 4.79 Å². The molecule has 2 aromatic carbocycles. The summed E-state index contributed by atoms with van der Waals surface area (Å²) in [5.74, 6) is 1.63. The Balaban J connectivity index is 1.67. The molecular weight excluding hydrogens is 304 g/mol. The Morgan fingerprint density at radius 1 is 1.17 bits per heavy atom. The number of ether oxygens (including phenoxy) is 2. The number of nitrogens with one attached hydrogen (secondary N) is 1. The van der Waals surface area contributed by atoms with E-state index in [0.29, 0.717) is 19.7 Å². The van der Waals surface area contributed by atoms with E-state index in [-0.39, 0.29) is 12.5 Å². The third-order valence-corrected chi connectivity index (χ3v) is 3.95. The summed E-state index contributed by atoms with van der Waals surface area (Å²) in [6.07, 6.45) is 0.